The van der Waals surface area contributed by atoms with Gasteiger partial charge >= 0.3 is 0 Å². The highest BCUT2D eigenvalue weighted by Crippen LogP contribution is 2.20. The standard InChI is InChI=1S/C17H15F3N2O2/c1-9(2)21-16(23)10-4-3-5-11(8-10)17(24)22-13-7-6-12(18)14(19)15(13)20/h3-9H,1-2H3,(H,21,23)(H,22,24). The van der Waals surface area contributed by atoms with E-state index in [1.807, 2.05) is 0 Å². The molecule has 2 N–H and O–H groups in total. The summed E-state index contributed by atoms with van der Waals surface area (Å²) in [4.78, 5) is 24.1. The second kappa shape index (κ2) is 7.16. The quantitative estimate of drug-likeness (QED) is 0.840. The van der Waals surface area contributed by atoms with Gasteiger partial charge in [0.1, 0.15) is 0 Å². The molecule has 126 valence electrons. The summed E-state index contributed by atoms with van der Waals surface area (Å²) < 4.78 is 39.7. The van der Waals surface area contributed by atoms with E-state index in [9.17, 15) is 22.8 Å². The van der Waals surface area contributed by atoms with Gasteiger partial charge in [-0.25, -0.2) is 13.2 Å². The van der Waals surface area contributed by atoms with E-state index in [2.05, 4.69) is 10.6 Å². The molecule has 0 unspecified atom stereocenters. The molecule has 2 aromatic carbocycles. The van der Waals surface area contributed by atoms with Crippen LogP contribution in [0.3, 0.4) is 0 Å². The van der Waals surface area contributed by atoms with Crippen LogP contribution in [0.4, 0.5) is 18.9 Å². The number of nitrogens with one attached hydrogen (secondary N) is 2. The molecule has 0 bridgehead atoms. The van der Waals surface area contributed by atoms with Gasteiger partial charge in [0.2, 0.25) is 0 Å². The Labute approximate surface area is 136 Å². The molecule has 0 aliphatic carbocycles. The number of hydrogen-bond donors (Lipinski definition) is 2. The van der Waals surface area contributed by atoms with Crippen molar-refractivity contribution in [2.24, 2.45) is 0 Å². The van der Waals surface area contributed by atoms with Crippen molar-refractivity contribution in [2.75, 3.05) is 5.32 Å². The third kappa shape index (κ3) is 3.92. The summed E-state index contributed by atoms with van der Waals surface area (Å²) in [6.45, 7) is 3.58. The second-order valence-corrected chi connectivity index (χ2v) is 5.39. The van der Waals surface area contributed by atoms with Crippen molar-refractivity contribution in [1.29, 1.82) is 0 Å². The number of carbonyl (C=O) groups is 2. The Bertz CT molecular complexity index is 791. The highest BCUT2D eigenvalue weighted by Gasteiger charge is 2.17. The molecule has 0 aromatic heterocycles. The SMILES string of the molecule is CC(C)NC(=O)c1cccc(C(=O)Nc2ccc(F)c(F)c2F)c1. The van der Waals surface area contributed by atoms with Crippen LogP contribution in [0.15, 0.2) is 36.4 Å². The zero-order valence-corrected chi connectivity index (χ0v) is 13.0. The van der Waals surface area contributed by atoms with E-state index in [0.29, 0.717) is 6.07 Å². The van der Waals surface area contributed by atoms with Gasteiger partial charge in [0.15, 0.2) is 17.5 Å². The van der Waals surface area contributed by atoms with Crippen LogP contribution in [0.1, 0.15) is 34.6 Å². The summed E-state index contributed by atoms with van der Waals surface area (Å²) in [7, 11) is 0. The third-order valence-electron chi connectivity index (χ3n) is 3.09. The maximum atomic E-state index is 13.6. The molecule has 4 nitrogen and oxygen atoms in total. The fourth-order valence-electron chi connectivity index (χ4n) is 1.96. The van der Waals surface area contributed by atoms with Crippen molar-refractivity contribution in [2.45, 2.75) is 19.9 Å². The van der Waals surface area contributed by atoms with Crippen molar-refractivity contribution < 1.29 is 22.8 Å². The molecule has 2 aromatic rings. The lowest BCUT2D eigenvalue weighted by molar-refractivity contribution is 0.0943. The monoisotopic (exact) mass is 336 g/mol. The van der Waals surface area contributed by atoms with E-state index in [0.717, 1.165) is 6.07 Å². The van der Waals surface area contributed by atoms with Crippen LogP contribution < -0.4 is 10.6 Å². The maximum absolute atomic E-state index is 13.6. The lowest BCUT2D eigenvalue weighted by atomic mass is 10.1. The number of anilines is 1. The predicted octanol–water partition coefficient (Wildman–Crippen LogP) is 3.49. The largest absolute Gasteiger partial charge is 0.350 e. The maximum Gasteiger partial charge on any atom is 0.255 e. The molecule has 0 spiro atoms. The lowest BCUT2D eigenvalue weighted by Gasteiger charge is -2.10. The van der Waals surface area contributed by atoms with E-state index in [1.165, 1.54) is 24.3 Å². The van der Waals surface area contributed by atoms with Gasteiger partial charge in [-0.2, -0.15) is 0 Å². The lowest BCUT2D eigenvalue weighted by Crippen LogP contribution is -2.30. The van der Waals surface area contributed by atoms with Gasteiger partial charge in [0.25, 0.3) is 11.8 Å². The Hall–Kier alpha value is -2.83. The minimum atomic E-state index is -1.67. The van der Waals surface area contributed by atoms with Crippen LogP contribution in [0.5, 0.6) is 0 Å². The average Bonchev–Trinajstić information content (AvgIpc) is 2.55. The summed E-state index contributed by atoms with van der Waals surface area (Å²) in [5.41, 5.74) is -0.159. The van der Waals surface area contributed by atoms with Gasteiger partial charge in [-0.1, -0.05) is 6.07 Å². The second-order valence-electron chi connectivity index (χ2n) is 5.39. The van der Waals surface area contributed by atoms with E-state index < -0.39 is 29.0 Å². The van der Waals surface area contributed by atoms with Crippen molar-refractivity contribution in [1.82, 2.24) is 5.32 Å². The number of hydrogen-bond acceptors (Lipinski definition) is 2. The van der Waals surface area contributed by atoms with Crippen LogP contribution in [0.2, 0.25) is 0 Å². The molecule has 2 rings (SSSR count). The van der Waals surface area contributed by atoms with E-state index >= 15 is 0 Å². The number of rotatable bonds is 4. The first-order valence-corrected chi connectivity index (χ1v) is 7.15. The fourth-order valence-corrected chi connectivity index (χ4v) is 1.96. The number of amides is 2. The highest BCUT2D eigenvalue weighted by molar-refractivity contribution is 6.06. The molecule has 0 heterocycles. The smallest absolute Gasteiger partial charge is 0.255 e. The number of benzene rings is 2. The highest BCUT2D eigenvalue weighted by atomic mass is 19.2. The average molecular weight is 336 g/mol. The van der Waals surface area contributed by atoms with E-state index in [4.69, 9.17) is 0 Å². The van der Waals surface area contributed by atoms with Gasteiger partial charge in [-0.05, 0) is 44.2 Å². The van der Waals surface area contributed by atoms with Crippen LogP contribution in [0.25, 0.3) is 0 Å². The molecule has 0 atom stereocenters. The Balaban J connectivity index is 2.22. The Morgan fingerprint density at radius 3 is 2.17 bits per heavy atom. The summed E-state index contributed by atoms with van der Waals surface area (Å²) in [5, 5.41) is 4.82. The number of carbonyl (C=O) groups excluding carboxylic acids is 2. The molecule has 0 saturated heterocycles. The summed E-state index contributed by atoms with van der Waals surface area (Å²) in [6, 6.07) is 7.30. The summed E-state index contributed by atoms with van der Waals surface area (Å²) in [6.07, 6.45) is 0. The topological polar surface area (TPSA) is 58.2 Å². The van der Waals surface area contributed by atoms with E-state index in [1.54, 1.807) is 13.8 Å². The summed E-state index contributed by atoms with van der Waals surface area (Å²) >= 11 is 0. The molecule has 0 saturated carbocycles. The molecule has 0 aliphatic rings. The summed E-state index contributed by atoms with van der Waals surface area (Å²) in [5.74, 6) is -5.62. The molecule has 0 radical (unpaired) electrons. The van der Waals surface area contributed by atoms with Gasteiger partial charge in [-0.15, -0.1) is 0 Å². The van der Waals surface area contributed by atoms with Crippen molar-refractivity contribution >= 4 is 17.5 Å². The van der Waals surface area contributed by atoms with Crippen molar-refractivity contribution in [3.8, 4) is 0 Å². The Morgan fingerprint density at radius 1 is 0.917 bits per heavy atom. The molecule has 7 heteroatoms. The van der Waals surface area contributed by atoms with E-state index in [-0.39, 0.29) is 23.1 Å². The van der Waals surface area contributed by atoms with Crippen molar-refractivity contribution in [3.05, 3.63) is 65.0 Å². The Kier molecular flexibility index (Phi) is 5.23. The van der Waals surface area contributed by atoms with Crippen LogP contribution in [0, 0.1) is 17.5 Å². The van der Waals surface area contributed by atoms with Crippen LogP contribution >= 0.6 is 0 Å². The molecule has 2 amide bonds. The third-order valence-corrected chi connectivity index (χ3v) is 3.09. The zero-order valence-electron chi connectivity index (χ0n) is 13.0. The Morgan fingerprint density at radius 2 is 1.54 bits per heavy atom. The minimum Gasteiger partial charge on any atom is -0.350 e. The predicted molar refractivity (Wildman–Crippen MR) is 83.3 cm³/mol. The van der Waals surface area contributed by atoms with Gasteiger partial charge < -0.3 is 10.6 Å². The molecule has 0 fully saturated rings. The van der Waals surface area contributed by atoms with Gasteiger partial charge in [0.05, 0.1) is 5.69 Å². The van der Waals surface area contributed by atoms with Gasteiger partial charge in [0, 0.05) is 17.2 Å². The van der Waals surface area contributed by atoms with Crippen molar-refractivity contribution in [3.63, 3.8) is 0 Å². The minimum absolute atomic E-state index is 0.0775. The van der Waals surface area contributed by atoms with Crippen LogP contribution in [-0.2, 0) is 0 Å². The molecule has 0 aliphatic heterocycles. The molecular weight excluding hydrogens is 321 g/mol. The van der Waals surface area contributed by atoms with Crippen LogP contribution in [-0.4, -0.2) is 17.9 Å². The first-order chi connectivity index (χ1) is 11.3. The van der Waals surface area contributed by atoms with Gasteiger partial charge in [-0.3, -0.25) is 9.59 Å². The first-order valence-electron chi connectivity index (χ1n) is 7.15. The molecular formula is C17H15F3N2O2. The first kappa shape index (κ1) is 17.5. The fraction of sp³-hybridized carbons (Fsp3) is 0.176. The zero-order chi connectivity index (χ0) is 17.9. The normalized spacial score (nSPS) is 10.6. The number of halogens is 3. The molecule has 24 heavy (non-hydrogen) atoms.